The molecule has 0 saturated heterocycles. The number of carbonyl (C=O) groups is 1. The predicted molar refractivity (Wildman–Crippen MR) is 103 cm³/mol. The number of amides is 1. The minimum Gasteiger partial charge on any atom is -0.395 e. The average molecular weight is 418 g/mol. The Morgan fingerprint density at radius 2 is 1.97 bits per heavy atom. The Bertz CT molecular complexity index is 1090. The molecule has 1 aromatic heterocycles. The van der Waals surface area contributed by atoms with Gasteiger partial charge in [-0.1, -0.05) is 35.5 Å². The Morgan fingerprint density at radius 3 is 2.76 bits per heavy atom. The first-order valence-corrected chi connectivity index (χ1v) is 9.58. The number of halogens is 2. The van der Waals surface area contributed by atoms with Gasteiger partial charge in [0.1, 0.15) is 0 Å². The van der Waals surface area contributed by atoms with E-state index in [1.165, 1.54) is 30.0 Å². The Hall–Kier alpha value is -3.14. The number of nitrogens with one attached hydrogen (secondary N) is 1. The normalized spacial score (nSPS) is 14.1. The lowest BCUT2D eigenvalue weighted by atomic mass is 10.1. The van der Waals surface area contributed by atoms with Gasteiger partial charge < -0.3 is 19.4 Å². The number of carbonyl (C=O) groups excluding carboxylic acids is 1. The van der Waals surface area contributed by atoms with Gasteiger partial charge in [-0.15, -0.1) is 19.0 Å². The number of thioether (sulfide) groups is 1. The van der Waals surface area contributed by atoms with E-state index < -0.39 is 6.29 Å². The van der Waals surface area contributed by atoms with Gasteiger partial charge in [0.2, 0.25) is 5.91 Å². The highest BCUT2D eigenvalue weighted by Gasteiger charge is 2.43. The van der Waals surface area contributed by atoms with Crippen molar-refractivity contribution in [1.82, 2.24) is 14.8 Å². The lowest BCUT2D eigenvalue weighted by Crippen LogP contribution is -2.25. The molecule has 4 rings (SSSR count). The summed E-state index contributed by atoms with van der Waals surface area (Å²) in [5.74, 6) is 0.250. The van der Waals surface area contributed by atoms with E-state index >= 15 is 0 Å². The zero-order valence-electron chi connectivity index (χ0n) is 15.5. The zero-order valence-corrected chi connectivity index (χ0v) is 16.3. The first-order chi connectivity index (χ1) is 13.8. The molecule has 29 heavy (non-hydrogen) atoms. The number of ether oxygens (including phenoxy) is 2. The van der Waals surface area contributed by atoms with E-state index in [9.17, 15) is 13.6 Å². The molecular weight excluding hydrogens is 402 g/mol. The summed E-state index contributed by atoms with van der Waals surface area (Å²) in [4.78, 5) is 12.2. The van der Waals surface area contributed by atoms with Crippen LogP contribution in [-0.4, -0.2) is 32.7 Å². The molecule has 2 heterocycles. The van der Waals surface area contributed by atoms with E-state index in [4.69, 9.17) is 0 Å². The monoisotopic (exact) mass is 418 g/mol. The van der Waals surface area contributed by atoms with Crippen molar-refractivity contribution in [2.75, 3.05) is 11.1 Å². The number of aryl methyl sites for hydroxylation is 1. The standard InChI is InChI=1S/C19H16F2N4O3S/c1-11-4-3-5-12(8-11)17-23-24-18(25(17)2)29-10-16(26)22-13-6-7-14-15(9-13)28-19(20,21)27-14/h3-9H,10H2,1-2H3,(H,22,26). The summed E-state index contributed by atoms with van der Waals surface area (Å²) in [6.07, 6.45) is -3.69. The number of nitrogens with zero attached hydrogens (tertiary/aromatic N) is 3. The SMILES string of the molecule is Cc1cccc(-c2nnc(SCC(=O)Nc3ccc4c(c3)OC(F)(F)O4)n2C)c1. The van der Waals surface area contributed by atoms with Gasteiger partial charge >= 0.3 is 6.29 Å². The second kappa shape index (κ2) is 7.36. The van der Waals surface area contributed by atoms with Crippen molar-refractivity contribution in [3.63, 3.8) is 0 Å². The average Bonchev–Trinajstić information content (AvgIpc) is 3.17. The fourth-order valence-corrected chi connectivity index (χ4v) is 3.54. The molecular formula is C19H16F2N4O3S. The van der Waals surface area contributed by atoms with Crippen LogP contribution in [0.3, 0.4) is 0 Å². The number of benzene rings is 2. The lowest BCUT2D eigenvalue weighted by molar-refractivity contribution is -0.286. The number of fused-ring (bicyclic) bond motifs is 1. The highest BCUT2D eigenvalue weighted by Crippen LogP contribution is 2.42. The number of anilines is 1. The number of rotatable bonds is 5. The third-order valence-corrected chi connectivity index (χ3v) is 5.15. The van der Waals surface area contributed by atoms with Crippen molar-refractivity contribution in [3.8, 4) is 22.9 Å². The van der Waals surface area contributed by atoms with Crippen LogP contribution in [0.1, 0.15) is 5.56 Å². The molecule has 10 heteroatoms. The third-order valence-electron chi connectivity index (χ3n) is 4.13. The molecule has 0 saturated carbocycles. The number of hydrogen-bond acceptors (Lipinski definition) is 6. The van der Waals surface area contributed by atoms with Crippen LogP contribution in [0.4, 0.5) is 14.5 Å². The van der Waals surface area contributed by atoms with E-state index in [0.717, 1.165) is 11.1 Å². The molecule has 0 fully saturated rings. The minimum atomic E-state index is -3.69. The smallest absolute Gasteiger partial charge is 0.395 e. The molecule has 3 aromatic rings. The fourth-order valence-electron chi connectivity index (χ4n) is 2.83. The molecule has 0 unspecified atom stereocenters. The molecule has 1 aliphatic rings. The van der Waals surface area contributed by atoms with Crippen LogP contribution in [-0.2, 0) is 11.8 Å². The maximum atomic E-state index is 13.1. The molecule has 1 aliphatic heterocycles. The molecule has 2 aromatic carbocycles. The molecule has 1 amide bonds. The molecule has 0 spiro atoms. The van der Waals surface area contributed by atoms with Crippen LogP contribution < -0.4 is 14.8 Å². The van der Waals surface area contributed by atoms with Gasteiger partial charge in [-0.2, -0.15) is 0 Å². The van der Waals surface area contributed by atoms with Crippen LogP contribution in [0, 0.1) is 6.92 Å². The quantitative estimate of drug-likeness (QED) is 0.635. The molecule has 0 radical (unpaired) electrons. The Labute approximate surface area is 169 Å². The first-order valence-electron chi connectivity index (χ1n) is 8.60. The van der Waals surface area contributed by atoms with E-state index in [-0.39, 0.29) is 23.2 Å². The van der Waals surface area contributed by atoms with Crippen molar-refractivity contribution in [3.05, 3.63) is 48.0 Å². The number of aromatic nitrogens is 3. The summed E-state index contributed by atoms with van der Waals surface area (Å²) in [6.45, 7) is 2.00. The topological polar surface area (TPSA) is 78.3 Å². The van der Waals surface area contributed by atoms with Crippen molar-refractivity contribution >= 4 is 23.4 Å². The summed E-state index contributed by atoms with van der Waals surface area (Å²) in [5.41, 5.74) is 2.38. The van der Waals surface area contributed by atoms with E-state index in [1.807, 2.05) is 42.8 Å². The summed E-state index contributed by atoms with van der Waals surface area (Å²) in [6, 6.07) is 12.0. The summed E-state index contributed by atoms with van der Waals surface area (Å²) < 4.78 is 36.7. The Morgan fingerprint density at radius 1 is 1.17 bits per heavy atom. The maximum absolute atomic E-state index is 13.1. The molecule has 1 N–H and O–H groups in total. The predicted octanol–water partition coefficient (Wildman–Crippen LogP) is 3.84. The van der Waals surface area contributed by atoms with Gasteiger partial charge in [0.15, 0.2) is 22.5 Å². The second-order valence-electron chi connectivity index (χ2n) is 6.40. The van der Waals surface area contributed by atoms with E-state index in [2.05, 4.69) is 25.0 Å². The zero-order chi connectivity index (χ0) is 20.6. The largest absolute Gasteiger partial charge is 0.586 e. The Kier molecular flexibility index (Phi) is 4.87. The van der Waals surface area contributed by atoms with Crippen LogP contribution in [0.25, 0.3) is 11.4 Å². The van der Waals surface area contributed by atoms with Gasteiger partial charge in [-0.3, -0.25) is 4.79 Å². The van der Waals surface area contributed by atoms with Gasteiger partial charge in [-0.25, -0.2) is 0 Å². The van der Waals surface area contributed by atoms with Gasteiger partial charge in [-0.05, 0) is 25.1 Å². The summed E-state index contributed by atoms with van der Waals surface area (Å²) in [7, 11) is 1.83. The Balaban J connectivity index is 1.39. The van der Waals surface area contributed by atoms with Gasteiger partial charge in [0, 0.05) is 24.4 Å². The summed E-state index contributed by atoms with van der Waals surface area (Å²) in [5, 5.41) is 11.6. The fraction of sp³-hybridized carbons (Fsp3) is 0.211. The lowest BCUT2D eigenvalue weighted by Gasteiger charge is -2.06. The van der Waals surface area contributed by atoms with Crippen molar-refractivity contribution in [2.24, 2.45) is 7.05 Å². The van der Waals surface area contributed by atoms with Crippen molar-refractivity contribution < 1.29 is 23.0 Å². The van der Waals surface area contributed by atoms with E-state index in [1.54, 1.807) is 0 Å². The van der Waals surface area contributed by atoms with Crippen molar-refractivity contribution in [1.29, 1.82) is 0 Å². The molecule has 150 valence electrons. The third kappa shape index (κ3) is 4.16. The molecule has 7 nitrogen and oxygen atoms in total. The number of alkyl halides is 2. The number of hydrogen-bond donors (Lipinski definition) is 1. The van der Waals surface area contributed by atoms with Crippen LogP contribution >= 0.6 is 11.8 Å². The van der Waals surface area contributed by atoms with Crippen molar-refractivity contribution in [2.45, 2.75) is 18.4 Å². The first kappa shape index (κ1) is 19.2. The van der Waals surface area contributed by atoms with Gasteiger partial charge in [0.05, 0.1) is 5.75 Å². The maximum Gasteiger partial charge on any atom is 0.586 e. The summed E-state index contributed by atoms with van der Waals surface area (Å²) >= 11 is 1.22. The second-order valence-corrected chi connectivity index (χ2v) is 7.34. The minimum absolute atomic E-state index is 0.0738. The highest BCUT2D eigenvalue weighted by molar-refractivity contribution is 7.99. The van der Waals surface area contributed by atoms with Gasteiger partial charge in [0.25, 0.3) is 0 Å². The molecule has 0 bridgehead atoms. The molecule has 0 atom stereocenters. The van der Waals surface area contributed by atoms with E-state index in [0.29, 0.717) is 16.7 Å². The van der Waals surface area contributed by atoms with Crippen LogP contribution in [0.2, 0.25) is 0 Å². The molecule has 0 aliphatic carbocycles. The van der Waals surface area contributed by atoms with Crippen LogP contribution in [0.15, 0.2) is 47.6 Å². The highest BCUT2D eigenvalue weighted by atomic mass is 32.2. The van der Waals surface area contributed by atoms with Crippen LogP contribution in [0.5, 0.6) is 11.5 Å².